The summed E-state index contributed by atoms with van der Waals surface area (Å²) in [5.74, 6) is 1.25. The lowest BCUT2D eigenvalue weighted by molar-refractivity contribution is -0.135. The minimum Gasteiger partial charge on any atom is -0.490 e. The number of carbonyl (C=O) groups excluding carboxylic acids is 1. The maximum absolute atomic E-state index is 12.0. The molecule has 1 unspecified atom stereocenters. The number of hydrogen-bond acceptors (Lipinski definition) is 4. The summed E-state index contributed by atoms with van der Waals surface area (Å²) in [6.07, 6.45) is 6.01. The van der Waals surface area contributed by atoms with Crippen LogP contribution in [0.5, 0.6) is 11.5 Å². The Labute approximate surface area is 151 Å². The van der Waals surface area contributed by atoms with Gasteiger partial charge in [-0.05, 0) is 44.4 Å². The molecule has 0 spiro atoms. The summed E-state index contributed by atoms with van der Waals surface area (Å²) in [6.45, 7) is 5.10. The molecule has 1 saturated carbocycles. The van der Waals surface area contributed by atoms with Crippen molar-refractivity contribution < 1.29 is 14.3 Å². The summed E-state index contributed by atoms with van der Waals surface area (Å²) >= 11 is 0. The fourth-order valence-corrected chi connectivity index (χ4v) is 3.20. The van der Waals surface area contributed by atoms with Crippen LogP contribution in [0.1, 0.15) is 51.5 Å². The molecule has 140 valence electrons. The molecule has 0 heterocycles. The van der Waals surface area contributed by atoms with Gasteiger partial charge in [0.25, 0.3) is 5.91 Å². The molecule has 1 atom stereocenters. The molecule has 1 amide bonds. The van der Waals surface area contributed by atoms with Gasteiger partial charge >= 0.3 is 0 Å². The van der Waals surface area contributed by atoms with Gasteiger partial charge in [-0.1, -0.05) is 25.3 Å². The third kappa shape index (κ3) is 5.92. The van der Waals surface area contributed by atoms with E-state index in [1.54, 1.807) is 21.0 Å². The van der Waals surface area contributed by atoms with Gasteiger partial charge in [-0.25, -0.2) is 0 Å². The van der Waals surface area contributed by atoms with Crippen molar-refractivity contribution in [3.05, 3.63) is 23.8 Å². The van der Waals surface area contributed by atoms with Gasteiger partial charge in [0, 0.05) is 26.7 Å². The molecule has 0 saturated heterocycles. The van der Waals surface area contributed by atoms with Gasteiger partial charge in [0.05, 0.1) is 6.61 Å². The van der Waals surface area contributed by atoms with E-state index in [0.717, 1.165) is 6.54 Å². The van der Waals surface area contributed by atoms with E-state index in [2.05, 4.69) is 5.32 Å². The van der Waals surface area contributed by atoms with E-state index in [9.17, 15) is 4.79 Å². The quantitative estimate of drug-likeness (QED) is 0.783. The Kier molecular flexibility index (Phi) is 7.56. The highest BCUT2D eigenvalue weighted by Gasteiger charge is 2.19. The van der Waals surface area contributed by atoms with Crippen LogP contribution in [0.15, 0.2) is 18.2 Å². The Morgan fingerprint density at radius 3 is 2.60 bits per heavy atom. The zero-order valence-corrected chi connectivity index (χ0v) is 16.0. The molecule has 1 aromatic rings. The fourth-order valence-electron chi connectivity index (χ4n) is 3.20. The first-order valence-corrected chi connectivity index (χ1v) is 9.38. The predicted molar refractivity (Wildman–Crippen MR) is 100 cm³/mol. The topological polar surface area (TPSA) is 50.8 Å². The Balaban J connectivity index is 2.01. The van der Waals surface area contributed by atoms with Crippen LogP contribution in [0.3, 0.4) is 0 Å². The van der Waals surface area contributed by atoms with E-state index >= 15 is 0 Å². The summed E-state index contributed by atoms with van der Waals surface area (Å²) in [7, 11) is 3.46. The van der Waals surface area contributed by atoms with Crippen LogP contribution < -0.4 is 14.8 Å². The lowest BCUT2D eigenvalue weighted by Gasteiger charge is -2.23. The number of likely N-dealkylation sites (N-methyl/N-ethyl adjacent to an activating group) is 1. The van der Waals surface area contributed by atoms with Crippen LogP contribution >= 0.6 is 0 Å². The van der Waals surface area contributed by atoms with Crippen molar-refractivity contribution in [1.29, 1.82) is 0 Å². The Morgan fingerprint density at radius 1 is 1.24 bits per heavy atom. The van der Waals surface area contributed by atoms with Crippen molar-refractivity contribution in [2.45, 2.75) is 64.6 Å². The summed E-state index contributed by atoms with van der Waals surface area (Å²) in [5, 5.41) is 3.64. The van der Waals surface area contributed by atoms with E-state index in [-0.39, 0.29) is 5.91 Å². The molecule has 5 nitrogen and oxygen atoms in total. The number of rotatable bonds is 8. The number of nitrogens with one attached hydrogen (secondary N) is 1. The van der Waals surface area contributed by atoms with Crippen LogP contribution in [0.25, 0.3) is 0 Å². The van der Waals surface area contributed by atoms with Crippen LogP contribution in [0, 0.1) is 0 Å². The molecule has 5 heteroatoms. The van der Waals surface area contributed by atoms with Crippen LogP contribution in [0.4, 0.5) is 0 Å². The minimum atomic E-state index is -0.541. The van der Waals surface area contributed by atoms with E-state index < -0.39 is 6.10 Å². The monoisotopic (exact) mass is 348 g/mol. The van der Waals surface area contributed by atoms with Crippen LogP contribution in [-0.4, -0.2) is 43.7 Å². The van der Waals surface area contributed by atoms with Gasteiger partial charge < -0.3 is 19.7 Å². The molecular formula is C20H32N2O3. The molecule has 1 aromatic carbocycles. The van der Waals surface area contributed by atoms with Crippen molar-refractivity contribution in [2.24, 2.45) is 0 Å². The standard InChI is InChI=1S/C20H32N2O3/c1-5-24-19-13-16(14-21-17-9-7-6-8-10-17)11-12-18(19)25-15(2)20(23)22(3)4/h11-13,15,17,21H,5-10,14H2,1-4H3. The molecule has 25 heavy (non-hydrogen) atoms. The molecular weight excluding hydrogens is 316 g/mol. The fraction of sp³-hybridized carbons (Fsp3) is 0.650. The number of ether oxygens (including phenoxy) is 2. The van der Waals surface area contributed by atoms with Gasteiger partial charge in [0.15, 0.2) is 17.6 Å². The van der Waals surface area contributed by atoms with Gasteiger partial charge in [-0.3, -0.25) is 4.79 Å². The average molecular weight is 348 g/mol. The largest absolute Gasteiger partial charge is 0.490 e. The van der Waals surface area contributed by atoms with Crippen LogP contribution in [0.2, 0.25) is 0 Å². The molecule has 0 radical (unpaired) electrons. The molecule has 2 rings (SSSR count). The van der Waals surface area contributed by atoms with E-state index in [0.29, 0.717) is 24.1 Å². The molecule has 1 aliphatic rings. The van der Waals surface area contributed by atoms with Crippen molar-refractivity contribution in [2.75, 3.05) is 20.7 Å². The second kappa shape index (κ2) is 9.66. The van der Waals surface area contributed by atoms with Gasteiger partial charge in [0.2, 0.25) is 0 Å². The molecule has 0 bridgehead atoms. The van der Waals surface area contributed by atoms with Gasteiger partial charge in [0.1, 0.15) is 0 Å². The van der Waals surface area contributed by atoms with E-state index in [1.807, 2.05) is 25.1 Å². The SMILES string of the molecule is CCOc1cc(CNC2CCCCC2)ccc1OC(C)C(=O)N(C)C. The minimum absolute atomic E-state index is 0.0644. The Bertz CT molecular complexity index is 554. The Morgan fingerprint density at radius 2 is 1.96 bits per heavy atom. The maximum Gasteiger partial charge on any atom is 0.262 e. The normalized spacial score (nSPS) is 16.3. The summed E-state index contributed by atoms with van der Waals surface area (Å²) in [5.41, 5.74) is 1.17. The summed E-state index contributed by atoms with van der Waals surface area (Å²) < 4.78 is 11.6. The number of hydrogen-bond donors (Lipinski definition) is 1. The second-order valence-electron chi connectivity index (χ2n) is 6.92. The smallest absolute Gasteiger partial charge is 0.262 e. The maximum atomic E-state index is 12.0. The molecule has 0 aromatic heterocycles. The molecule has 1 N–H and O–H groups in total. The zero-order chi connectivity index (χ0) is 18.2. The predicted octanol–water partition coefficient (Wildman–Crippen LogP) is 3.36. The lowest BCUT2D eigenvalue weighted by Crippen LogP contribution is -2.35. The first kappa shape index (κ1) is 19.6. The number of benzene rings is 1. The third-order valence-corrected chi connectivity index (χ3v) is 4.60. The summed E-state index contributed by atoms with van der Waals surface area (Å²) in [6, 6.07) is 6.59. The zero-order valence-electron chi connectivity index (χ0n) is 16.0. The summed E-state index contributed by atoms with van der Waals surface area (Å²) in [4.78, 5) is 13.5. The average Bonchev–Trinajstić information content (AvgIpc) is 2.62. The van der Waals surface area contributed by atoms with Gasteiger partial charge in [-0.2, -0.15) is 0 Å². The third-order valence-electron chi connectivity index (χ3n) is 4.60. The van der Waals surface area contributed by atoms with Gasteiger partial charge in [-0.15, -0.1) is 0 Å². The number of amides is 1. The van der Waals surface area contributed by atoms with Crippen molar-refractivity contribution >= 4 is 5.91 Å². The Hall–Kier alpha value is -1.75. The first-order chi connectivity index (χ1) is 12.0. The number of nitrogens with zero attached hydrogens (tertiary/aromatic N) is 1. The van der Waals surface area contributed by atoms with E-state index in [4.69, 9.17) is 9.47 Å². The number of carbonyl (C=O) groups is 1. The van der Waals surface area contributed by atoms with Crippen molar-refractivity contribution in [1.82, 2.24) is 10.2 Å². The highest BCUT2D eigenvalue weighted by Crippen LogP contribution is 2.30. The molecule has 0 aliphatic heterocycles. The highest BCUT2D eigenvalue weighted by molar-refractivity contribution is 5.80. The van der Waals surface area contributed by atoms with Crippen LogP contribution in [-0.2, 0) is 11.3 Å². The first-order valence-electron chi connectivity index (χ1n) is 9.38. The van der Waals surface area contributed by atoms with E-state index in [1.165, 1.54) is 42.6 Å². The second-order valence-corrected chi connectivity index (χ2v) is 6.92. The highest BCUT2D eigenvalue weighted by atomic mass is 16.5. The molecule has 1 fully saturated rings. The molecule has 1 aliphatic carbocycles. The lowest BCUT2D eigenvalue weighted by atomic mass is 9.95. The van der Waals surface area contributed by atoms with Crippen molar-refractivity contribution in [3.63, 3.8) is 0 Å². The van der Waals surface area contributed by atoms with Crippen molar-refractivity contribution in [3.8, 4) is 11.5 Å².